The van der Waals surface area contributed by atoms with Crippen molar-refractivity contribution in [2.45, 2.75) is 19.3 Å². The first-order valence-electron chi connectivity index (χ1n) is 7.05. The quantitative estimate of drug-likeness (QED) is 0.761. The first-order valence-corrected chi connectivity index (χ1v) is 7.87. The van der Waals surface area contributed by atoms with E-state index < -0.39 is 0 Å². The number of nitrogens with zero attached hydrogens (tertiary/aromatic N) is 1. The SMILES string of the molecule is COCCNCC(Cc1cnc(C)s1)c1cccc(F)c1. The summed E-state index contributed by atoms with van der Waals surface area (Å²) < 4.78 is 18.5. The summed E-state index contributed by atoms with van der Waals surface area (Å²) in [7, 11) is 1.69. The van der Waals surface area contributed by atoms with Crippen molar-refractivity contribution in [2.24, 2.45) is 0 Å². The molecule has 0 aliphatic heterocycles. The molecule has 1 aromatic carbocycles. The van der Waals surface area contributed by atoms with Crippen LogP contribution in [0, 0.1) is 12.7 Å². The molecule has 0 saturated heterocycles. The Hall–Kier alpha value is -1.30. The molecule has 5 heteroatoms. The highest BCUT2D eigenvalue weighted by Gasteiger charge is 2.14. The summed E-state index contributed by atoms with van der Waals surface area (Å²) >= 11 is 1.70. The van der Waals surface area contributed by atoms with Gasteiger partial charge in [0.1, 0.15) is 5.82 Å². The lowest BCUT2D eigenvalue weighted by Crippen LogP contribution is -2.26. The van der Waals surface area contributed by atoms with Crippen LogP contribution in [0.15, 0.2) is 30.5 Å². The molecule has 0 saturated carbocycles. The zero-order valence-electron chi connectivity index (χ0n) is 12.4. The maximum Gasteiger partial charge on any atom is 0.123 e. The Morgan fingerprint density at radius 1 is 1.43 bits per heavy atom. The minimum absolute atomic E-state index is 0.185. The van der Waals surface area contributed by atoms with Gasteiger partial charge in [-0.3, -0.25) is 0 Å². The van der Waals surface area contributed by atoms with E-state index in [4.69, 9.17) is 4.74 Å². The van der Waals surface area contributed by atoms with Crippen molar-refractivity contribution in [1.29, 1.82) is 0 Å². The molecule has 0 fully saturated rings. The molecule has 114 valence electrons. The molecule has 0 aliphatic rings. The average molecular weight is 308 g/mol. The number of hydrogen-bond acceptors (Lipinski definition) is 4. The van der Waals surface area contributed by atoms with Crippen LogP contribution in [0.3, 0.4) is 0 Å². The second kappa shape index (κ2) is 8.22. The first kappa shape index (κ1) is 16.1. The number of aromatic nitrogens is 1. The largest absolute Gasteiger partial charge is 0.383 e. The number of rotatable bonds is 8. The fourth-order valence-electron chi connectivity index (χ4n) is 2.26. The van der Waals surface area contributed by atoms with Gasteiger partial charge in [-0.25, -0.2) is 9.37 Å². The van der Waals surface area contributed by atoms with Gasteiger partial charge in [-0.05, 0) is 31.0 Å². The van der Waals surface area contributed by atoms with E-state index in [1.54, 1.807) is 30.6 Å². The lowest BCUT2D eigenvalue weighted by Gasteiger charge is -2.17. The van der Waals surface area contributed by atoms with E-state index in [9.17, 15) is 4.39 Å². The van der Waals surface area contributed by atoms with Crippen LogP contribution < -0.4 is 5.32 Å². The molecule has 0 amide bonds. The van der Waals surface area contributed by atoms with Crippen molar-refractivity contribution in [1.82, 2.24) is 10.3 Å². The predicted molar refractivity (Wildman–Crippen MR) is 84.4 cm³/mol. The Morgan fingerprint density at radius 2 is 2.29 bits per heavy atom. The molecule has 0 aliphatic carbocycles. The normalized spacial score (nSPS) is 12.5. The minimum atomic E-state index is -0.185. The molecule has 2 rings (SSSR count). The number of hydrogen-bond donors (Lipinski definition) is 1. The van der Waals surface area contributed by atoms with Crippen molar-refractivity contribution in [3.05, 3.63) is 51.7 Å². The maximum atomic E-state index is 13.5. The first-order chi connectivity index (χ1) is 10.2. The van der Waals surface area contributed by atoms with Gasteiger partial charge in [-0.2, -0.15) is 0 Å². The van der Waals surface area contributed by atoms with Crippen molar-refractivity contribution in [2.75, 3.05) is 26.8 Å². The van der Waals surface area contributed by atoms with Gasteiger partial charge < -0.3 is 10.1 Å². The molecule has 1 heterocycles. The summed E-state index contributed by atoms with van der Waals surface area (Å²) in [6.07, 6.45) is 2.79. The Morgan fingerprint density at radius 3 is 2.95 bits per heavy atom. The third kappa shape index (κ3) is 5.19. The van der Waals surface area contributed by atoms with Gasteiger partial charge in [-0.15, -0.1) is 11.3 Å². The van der Waals surface area contributed by atoms with Gasteiger partial charge in [0, 0.05) is 37.2 Å². The second-order valence-electron chi connectivity index (χ2n) is 5.00. The summed E-state index contributed by atoms with van der Waals surface area (Å²) in [5, 5.41) is 4.43. The van der Waals surface area contributed by atoms with Crippen molar-refractivity contribution >= 4 is 11.3 Å². The van der Waals surface area contributed by atoms with Crippen LogP contribution in [-0.4, -0.2) is 31.8 Å². The molecule has 2 aromatic rings. The number of ether oxygens (including phenoxy) is 1. The van der Waals surface area contributed by atoms with Crippen LogP contribution in [-0.2, 0) is 11.2 Å². The summed E-state index contributed by atoms with van der Waals surface area (Å²) in [6.45, 7) is 4.27. The molecule has 0 radical (unpaired) electrons. The van der Waals surface area contributed by atoms with E-state index in [1.165, 1.54) is 10.9 Å². The highest BCUT2D eigenvalue weighted by atomic mass is 32.1. The van der Waals surface area contributed by atoms with Crippen LogP contribution >= 0.6 is 11.3 Å². The minimum Gasteiger partial charge on any atom is -0.383 e. The maximum absolute atomic E-state index is 13.5. The standard InChI is InChI=1S/C16H21FN2OS/c1-12-19-11-16(21-12)9-14(10-18-6-7-20-2)13-4-3-5-15(17)8-13/h3-5,8,11,14,18H,6-7,9-10H2,1-2H3. The lowest BCUT2D eigenvalue weighted by molar-refractivity contribution is 0.199. The zero-order valence-corrected chi connectivity index (χ0v) is 13.3. The van der Waals surface area contributed by atoms with Crippen LogP contribution in [0.25, 0.3) is 0 Å². The van der Waals surface area contributed by atoms with E-state index in [1.807, 2.05) is 19.2 Å². The Kier molecular flexibility index (Phi) is 6.29. The van der Waals surface area contributed by atoms with E-state index in [0.717, 1.165) is 30.1 Å². The van der Waals surface area contributed by atoms with E-state index in [-0.39, 0.29) is 11.7 Å². The number of halogens is 1. The number of aryl methyl sites for hydroxylation is 1. The molecule has 3 nitrogen and oxygen atoms in total. The second-order valence-corrected chi connectivity index (χ2v) is 6.32. The third-order valence-electron chi connectivity index (χ3n) is 3.31. The third-order valence-corrected chi connectivity index (χ3v) is 4.25. The van der Waals surface area contributed by atoms with E-state index in [2.05, 4.69) is 10.3 Å². The summed E-state index contributed by atoms with van der Waals surface area (Å²) in [5.41, 5.74) is 1.02. The molecular formula is C16H21FN2OS. The van der Waals surface area contributed by atoms with E-state index in [0.29, 0.717) is 6.61 Å². The van der Waals surface area contributed by atoms with Gasteiger partial charge in [0.2, 0.25) is 0 Å². The molecule has 1 N–H and O–H groups in total. The average Bonchev–Trinajstić information content (AvgIpc) is 2.87. The van der Waals surface area contributed by atoms with Gasteiger partial charge in [-0.1, -0.05) is 12.1 Å². The predicted octanol–water partition coefficient (Wildman–Crippen LogP) is 3.15. The summed E-state index contributed by atoms with van der Waals surface area (Å²) in [5.74, 6) is 0.0484. The molecule has 0 bridgehead atoms. The molecule has 0 spiro atoms. The summed E-state index contributed by atoms with van der Waals surface area (Å²) in [6, 6.07) is 6.86. The van der Waals surface area contributed by atoms with E-state index >= 15 is 0 Å². The Bertz CT molecular complexity index is 559. The van der Waals surface area contributed by atoms with Gasteiger partial charge >= 0.3 is 0 Å². The van der Waals surface area contributed by atoms with Crippen LogP contribution in [0.4, 0.5) is 4.39 Å². The van der Waals surface area contributed by atoms with Gasteiger partial charge in [0.05, 0.1) is 11.6 Å². The number of methoxy groups -OCH3 is 1. The van der Waals surface area contributed by atoms with Gasteiger partial charge in [0.25, 0.3) is 0 Å². The molecule has 21 heavy (non-hydrogen) atoms. The van der Waals surface area contributed by atoms with Crippen molar-refractivity contribution < 1.29 is 9.13 Å². The van der Waals surface area contributed by atoms with Crippen LogP contribution in [0.1, 0.15) is 21.4 Å². The zero-order chi connectivity index (χ0) is 15.1. The highest BCUT2D eigenvalue weighted by Crippen LogP contribution is 2.24. The number of benzene rings is 1. The van der Waals surface area contributed by atoms with Crippen molar-refractivity contribution in [3.8, 4) is 0 Å². The topological polar surface area (TPSA) is 34.1 Å². The monoisotopic (exact) mass is 308 g/mol. The number of nitrogens with one attached hydrogen (secondary N) is 1. The molecule has 1 unspecified atom stereocenters. The smallest absolute Gasteiger partial charge is 0.123 e. The van der Waals surface area contributed by atoms with Gasteiger partial charge in [0.15, 0.2) is 0 Å². The Balaban J connectivity index is 2.06. The summed E-state index contributed by atoms with van der Waals surface area (Å²) in [4.78, 5) is 5.53. The lowest BCUT2D eigenvalue weighted by atomic mass is 9.95. The number of thiazole rings is 1. The molecular weight excluding hydrogens is 287 g/mol. The van der Waals surface area contributed by atoms with Crippen LogP contribution in [0.2, 0.25) is 0 Å². The fourth-order valence-corrected chi connectivity index (χ4v) is 3.14. The van der Waals surface area contributed by atoms with Crippen LogP contribution in [0.5, 0.6) is 0 Å². The fraction of sp³-hybridized carbons (Fsp3) is 0.438. The highest BCUT2D eigenvalue weighted by molar-refractivity contribution is 7.11. The van der Waals surface area contributed by atoms with Crippen molar-refractivity contribution in [3.63, 3.8) is 0 Å². The molecule has 1 atom stereocenters. The Labute approximate surface area is 129 Å². The molecule has 1 aromatic heterocycles.